The van der Waals surface area contributed by atoms with Gasteiger partial charge in [-0.3, -0.25) is 0 Å². The predicted octanol–water partition coefficient (Wildman–Crippen LogP) is 7.68. The molecule has 0 saturated heterocycles. The summed E-state index contributed by atoms with van der Waals surface area (Å²) in [6.07, 6.45) is 1.63. The number of halogens is 4. The molecule has 9 heteroatoms. The maximum Gasteiger partial charge on any atom is 0.363 e. The SMILES string of the molecule is CCOc1cc(/C=C2\N=C(c3ccc(Cl)c(Cl)c3)OC2=O)cc(Br)c1OCc1ccccc1I. The maximum absolute atomic E-state index is 12.4. The van der Waals surface area contributed by atoms with E-state index in [-0.39, 0.29) is 11.6 Å². The lowest BCUT2D eigenvalue weighted by Crippen LogP contribution is -2.05. The number of rotatable bonds is 7. The van der Waals surface area contributed by atoms with Crippen molar-refractivity contribution in [3.63, 3.8) is 0 Å². The highest BCUT2D eigenvalue weighted by Gasteiger charge is 2.25. The van der Waals surface area contributed by atoms with Crippen LogP contribution in [-0.4, -0.2) is 18.5 Å². The molecular weight excluding hydrogens is 656 g/mol. The largest absolute Gasteiger partial charge is 0.490 e. The number of carbonyl (C=O) groups excluding carboxylic acids is 1. The fourth-order valence-electron chi connectivity index (χ4n) is 3.16. The van der Waals surface area contributed by atoms with E-state index in [0.717, 1.165) is 9.13 Å². The average molecular weight is 673 g/mol. The van der Waals surface area contributed by atoms with Crippen LogP contribution in [0.2, 0.25) is 10.0 Å². The minimum atomic E-state index is -0.561. The summed E-state index contributed by atoms with van der Waals surface area (Å²) in [7, 11) is 0. The van der Waals surface area contributed by atoms with Crippen molar-refractivity contribution in [1.29, 1.82) is 0 Å². The number of ether oxygens (including phenoxy) is 3. The number of aliphatic imine (C=N–C) groups is 1. The van der Waals surface area contributed by atoms with Crippen molar-refractivity contribution in [1.82, 2.24) is 0 Å². The van der Waals surface area contributed by atoms with Crippen LogP contribution in [0.5, 0.6) is 11.5 Å². The molecule has 0 unspecified atom stereocenters. The zero-order valence-electron chi connectivity index (χ0n) is 17.8. The molecule has 3 aromatic rings. The Morgan fingerprint density at radius 1 is 1.09 bits per heavy atom. The van der Waals surface area contributed by atoms with E-state index in [4.69, 9.17) is 37.4 Å². The molecule has 0 aromatic heterocycles. The Balaban J connectivity index is 1.62. The summed E-state index contributed by atoms with van der Waals surface area (Å²) in [5.74, 6) is 0.734. The first kappa shape index (κ1) is 25.0. The van der Waals surface area contributed by atoms with Gasteiger partial charge in [-0.2, -0.15) is 0 Å². The van der Waals surface area contributed by atoms with Crippen LogP contribution in [0.4, 0.5) is 0 Å². The van der Waals surface area contributed by atoms with Crippen LogP contribution in [0.3, 0.4) is 0 Å². The van der Waals surface area contributed by atoms with Gasteiger partial charge in [-0.15, -0.1) is 0 Å². The summed E-state index contributed by atoms with van der Waals surface area (Å²) >= 11 is 17.9. The predicted molar refractivity (Wildman–Crippen MR) is 146 cm³/mol. The van der Waals surface area contributed by atoms with Gasteiger partial charge in [-0.1, -0.05) is 41.4 Å². The van der Waals surface area contributed by atoms with Crippen LogP contribution < -0.4 is 9.47 Å². The van der Waals surface area contributed by atoms with E-state index in [2.05, 4.69) is 43.5 Å². The van der Waals surface area contributed by atoms with Gasteiger partial charge in [0.05, 0.1) is 21.1 Å². The van der Waals surface area contributed by atoms with Crippen LogP contribution in [0.15, 0.2) is 69.8 Å². The molecule has 5 nitrogen and oxygen atoms in total. The zero-order valence-corrected chi connectivity index (χ0v) is 23.0. The fourth-order valence-corrected chi connectivity index (χ4v) is 4.57. The second kappa shape index (κ2) is 11.1. The fraction of sp³-hybridized carbons (Fsp3) is 0.120. The highest BCUT2D eigenvalue weighted by Crippen LogP contribution is 2.38. The van der Waals surface area contributed by atoms with Crippen molar-refractivity contribution in [2.75, 3.05) is 6.61 Å². The van der Waals surface area contributed by atoms with Gasteiger partial charge >= 0.3 is 5.97 Å². The number of benzene rings is 3. The van der Waals surface area contributed by atoms with Gasteiger partial charge in [0.1, 0.15) is 6.61 Å². The van der Waals surface area contributed by atoms with Gasteiger partial charge in [0.2, 0.25) is 5.90 Å². The van der Waals surface area contributed by atoms with E-state index in [0.29, 0.717) is 50.4 Å². The van der Waals surface area contributed by atoms with Gasteiger partial charge in [0, 0.05) is 14.7 Å². The third-order valence-corrected chi connectivity index (χ3v) is 7.13. The summed E-state index contributed by atoms with van der Waals surface area (Å²) in [5, 5.41) is 0.755. The molecule has 174 valence electrons. The molecule has 34 heavy (non-hydrogen) atoms. The molecule has 0 bridgehead atoms. The molecule has 4 rings (SSSR count). The highest BCUT2D eigenvalue weighted by atomic mass is 127. The average Bonchev–Trinajstić information content (AvgIpc) is 3.16. The summed E-state index contributed by atoms with van der Waals surface area (Å²) in [4.78, 5) is 16.8. The van der Waals surface area contributed by atoms with E-state index in [1.807, 2.05) is 37.3 Å². The Labute approximate surface area is 229 Å². The summed E-state index contributed by atoms with van der Waals surface area (Å²) in [6.45, 7) is 2.74. The molecule has 0 radical (unpaired) electrons. The lowest BCUT2D eigenvalue weighted by molar-refractivity contribution is -0.129. The molecule has 0 amide bonds. The second-order valence-corrected chi connectivity index (χ2v) is 9.94. The Hall–Kier alpha value is -2.07. The minimum Gasteiger partial charge on any atom is -0.490 e. The molecule has 0 atom stereocenters. The lowest BCUT2D eigenvalue weighted by atomic mass is 10.1. The van der Waals surface area contributed by atoms with Crippen molar-refractivity contribution in [3.8, 4) is 11.5 Å². The highest BCUT2D eigenvalue weighted by molar-refractivity contribution is 14.1. The number of carbonyl (C=O) groups is 1. The molecule has 1 aliphatic rings. The molecular formula is C25H17BrCl2INO4. The van der Waals surface area contributed by atoms with Crippen LogP contribution in [0, 0.1) is 3.57 Å². The number of esters is 1. The van der Waals surface area contributed by atoms with Crippen LogP contribution in [0.1, 0.15) is 23.6 Å². The first-order chi connectivity index (χ1) is 16.4. The van der Waals surface area contributed by atoms with Crippen LogP contribution in [-0.2, 0) is 16.1 Å². The Morgan fingerprint density at radius 2 is 1.88 bits per heavy atom. The lowest BCUT2D eigenvalue weighted by Gasteiger charge is -2.15. The number of nitrogens with zero attached hydrogens (tertiary/aromatic N) is 1. The third-order valence-electron chi connectivity index (χ3n) is 4.75. The van der Waals surface area contributed by atoms with Gasteiger partial charge in [0.15, 0.2) is 17.2 Å². The summed E-state index contributed by atoms with van der Waals surface area (Å²) in [5.41, 5.74) is 2.48. The molecule has 1 aliphatic heterocycles. The molecule has 0 saturated carbocycles. The molecule has 1 heterocycles. The number of cyclic esters (lactones) is 1. The molecule has 0 spiro atoms. The monoisotopic (exact) mass is 671 g/mol. The van der Waals surface area contributed by atoms with Gasteiger partial charge in [-0.25, -0.2) is 9.79 Å². The van der Waals surface area contributed by atoms with Crippen LogP contribution >= 0.6 is 61.7 Å². The van der Waals surface area contributed by atoms with Crippen molar-refractivity contribution < 1.29 is 19.0 Å². The van der Waals surface area contributed by atoms with E-state index in [1.54, 1.807) is 30.3 Å². The van der Waals surface area contributed by atoms with Crippen molar-refractivity contribution in [3.05, 3.63) is 95.1 Å². The van der Waals surface area contributed by atoms with Gasteiger partial charge in [-0.05, 0) is 93.5 Å². The smallest absolute Gasteiger partial charge is 0.363 e. The molecule has 0 fully saturated rings. The summed E-state index contributed by atoms with van der Waals surface area (Å²) in [6, 6.07) is 16.5. The minimum absolute atomic E-state index is 0.155. The first-order valence-corrected chi connectivity index (χ1v) is 12.8. The zero-order chi connectivity index (χ0) is 24.2. The van der Waals surface area contributed by atoms with Crippen molar-refractivity contribution in [2.45, 2.75) is 13.5 Å². The van der Waals surface area contributed by atoms with Crippen LogP contribution in [0.25, 0.3) is 6.08 Å². The Kier molecular flexibility index (Phi) is 8.18. The quantitative estimate of drug-likeness (QED) is 0.147. The van der Waals surface area contributed by atoms with E-state index >= 15 is 0 Å². The van der Waals surface area contributed by atoms with Gasteiger partial charge in [0.25, 0.3) is 0 Å². The number of hydrogen-bond donors (Lipinski definition) is 0. The Bertz CT molecular complexity index is 1330. The van der Waals surface area contributed by atoms with Crippen molar-refractivity contribution in [2.24, 2.45) is 4.99 Å². The first-order valence-electron chi connectivity index (χ1n) is 10.2. The molecule has 0 N–H and O–H groups in total. The topological polar surface area (TPSA) is 57.1 Å². The second-order valence-electron chi connectivity index (χ2n) is 7.11. The normalized spacial score (nSPS) is 14.2. The standard InChI is InChI=1S/C25H17BrCl2INO4/c1-2-32-22-11-14(9-17(26)23(22)33-13-16-5-3-4-6-20(16)29)10-21-25(31)34-24(30-21)15-7-8-18(27)19(28)12-15/h3-12H,2,13H2,1H3/b21-10-. The van der Waals surface area contributed by atoms with Gasteiger partial charge < -0.3 is 14.2 Å². The third kappa shape index (κ3) is 5.76. The van der Waals surface area contributed by atoms with E-state index in [1.165, 1.54) is 0 Å². The van der Waals surface area contributed by atoms with Crippen molar-refractivity contribution >= 4 is 79.7 Å². The summed E-state index contributed by atoms with van der Waals surface area (Å²) < 4.78 is 19.0. The maximum atomic E-state index is 12.4. The molecule has 0 aliphatic carbocycles. The Morgan fingerprint density at radius 3 is 2.62 bits per heavy atom. The van der Waals surface area contributed by atoms with E-state index < -0.39 is 5.97 Å². The van der Waals surface area contributed by atoms with E-state index in [9.17, 15) is 4.79 Å². The molecule has 3 aromatic carbocycles. The number of hydrogen-bond acceptors (Lipinski definition) is 5.